The maximum Gasteiger partial charge on any atom is 0.266 e. The van der Waals surface area contributed by atoms with Gasteiger partial charge in [-0.05, 0) is 42.9 Å². The highest BCUT2D eigenvalue weighted by molar-refractivity contribution is 6.30. The third kappa shape index (κ3) is 4.39. The zero-order valence-electron chi connectivity index (χ0n) is 16.1. The molecular weight excluding hydrogens is 392 g/mol. The van der Waals surface area contributed by atoms with Crippen LogP contribution in [0.15, 0.2) is 45.2 Å². The molecule has 1 saturated heterocycles. The number of anilines is 1. The van der Waals surface area contributed by atoms with E-state index in [4.69, 9.17) is 25.2 Å². The molecule has 8 heteroatoms. The van der Waals surface area contributed by atoms with Gasteiger partial charge in [0.15, 0.2) is 5.76 Å². The van der Waals surface area contributed by atoms with Gasteiger partial charge in [-0.15, -0.1) is 0 Å². The Morgan fingerprint density at radius 1 is 1.10 bits per heavy atom. The Kier molecular flexibility index (Phi) is 5.74. The number of rotatable bonds is 6. The molecule has 3 aromatic rings. The first-order valence-electron chi connectivity index (χ1n) is 9.52. The molecule has 3 heterocycles. The number of aromatic nitrogens is 1. The second-order valence-electron chi connectivity index (χ2n) is 6.71. The number of furan rings is 1. The second-order valence-corrected chi connectivity index (χ2v) is 7.15. The summed E-state index contributed by atoms with van der Waals surface area (Å²) in [5.41, 5.74) is 0.278. The quantitative estimate of drug-likeness (QED) is 0.600. The van der Waals surface area contributed by atoms with Gasteiger partial charge in [-0.2, -0.15) is 10.2 Å². The largest absolute Gasteiger partial charge is 0.486 e. The molecule has 0 amide bonds. The predicted octanol–water partition coefficient (Wildman–Crippen LogP) is 4.18. The first kappa shape index (κ1) is 19.4. The minimum Gasteiger partial charge on any atom is -0.486 e. The van der Waals surface area contributed by atoms with Gasteiger partial charge in [0.2, 0.25) is 11.6 Å². The van der Waals surface area contributed by atoms with E-state index in [-0.39, 0.29) is 12.3 Å². The summed E-state index contributed by atoms with van der Waals surface area (Å²) in [4.78, 5) is 8.75. The summed E-state index contributed by atoms with van der Waals surface area (Å²) in [6.07, 6.45) is 0. The van der Waals surface area contributed by atoms with E-state index in [2.05, 4.69) is 27.8 Å². The molecule has 2 aromatic heterocycles. The molecule has 4 rings (SSSR count). The molecular formula is C21H21ClN4O3. The molecule has 7 nitrogen and oxygen atoms in total. The zero-order chi connectivity index (χ0) is 20.2. The average molecular weight is 413 g/mol. The summed E-state index contributed by atoms with van der Waals surface area (Å²) < 4.78 is 17.4. The smallest absolute Gasteiger partial charge is 0.266 e. The van der Waals surface area contributed by atoms with E-state index in [0.29, 0.717) is 34.1 Å². The summed E-state index contributed by atoms with van der Waals surface area (Å²) in [6, 6.07) is 12.8. The zero-order valence-corrected chi connectivity index (χ0v) is 16.9. The summed E-state index contributed by atoms with van der Waals surface area (Å²) in [5.74, 6) is 2.60. The standard InChI is InChI=1S/C21H21ClN4O3/c1-2-25-9-11-26(12-10-25)21-18(13-23)24-20(29-21)19-8-7-17(28-19)14-27-16-5-3-15(22)4-6-16/h3-8H,2,9-12,14H2,1H3. The molecule has 0 saturated carbocycles. The Hall–Kier alpha value is -2.95. The van der Waals surface area contributed by atoms with Gasteiger partial charge >= 0.3 is 0 Å². The number of hydrogen-bond donors (Lipinski definition) is 0. The van der Waals surface area contributed by atoms with Crippen LogP contribution in [0.4, 0.5) is 5.88 Å². The number of nitriles is 1. The van der Waals surface area contributed by atoms with E-state index in [1.165, 1.54) is 0 Å². The molecule has 0 radical (unpaired) electrons. The molecule has 0 aliphatic carbocycles. The number of halogens is 1. The van der Waals surface area contributed by atoms with Crippen molar-refractivity contribution in [3.8, 4) is 23.5 Å². The van der Waals surface area contributed by atoms with Crippen LogP contribution in [0.3, 0.4) is 0 Å². The fraction of sp³-hybridized carbons (Fsp3) is 0.333. The summed E-state index contributed by atoms with van der Waals surface area (Å²) in [6.45, 7) is 6.90. The number of piperazine rings is 1. The highest BCUT2D eigenvalue weighted by Gasteiger charge is 2.25. The Bertz CT molecular complexity index is 998. The highest BCUT2D eigenvalue weighted by atomic mass is 35.5. The summed E-state index contributed by atoms with van der Waals surface area (Å²) in [5, 5.41) is 10.1. The van der Waals surface area contributed by atoms with Crippen molar-refractivity contribution in [1.29, 1.82) is 5.26 Å². The van der Waals surface area contributed by atoms with Gasteiger partial charge in [-0.1, -0.05) is 18.5 Å². The van der Waals surface area contributed by atoms with E-state index in [0.717, 1.165) is 32.7 Å². The van der Waals surface area contributed by atoms with Gasteiger partial charge in [0, 0.05) is 31.2 Å². The van der Waals surface area contributed by atoms with Crippen LogP contribution in [-0.4, -0.2) is 42.6 Å². The Labute approximate surface area is 174 Å². The lowest BCUT2D eigenvalue weighted by molar-refractivity contribution is 0.266. The monoisotopic (exact) mass is 412 g/mol. The average Bonchev–Trinajstić information content (AvgIpc) is 3.40. The van der Waals surface area contributed by atoms with E-state index >= 15 is 0 Å². The van der Waals surface area contributed by atoms with Gasteiger partial charge in [-0.3, -0.25) is 0 Å². The van der Waals surface area contributed by atoms with E-state index in [1.54, 1.807) is 36.4 Å². The van der Waals surface area contributed by atoms with Crippen LogP contribution in [0.2, 0.25) is 5.02 Å². The van der Waals surface area contributed by atoms with E-state index in [1.807, 2.05) is 0 Å². The van der Waals surface area contributed by atoms with Crippen LogP contribution in [-0.2, 0) is 6.61 Å². The van der Waals surface area contributed by atoms with Gasteiger partial charge in [0.25, 0.3) is 5.89 Å². The first-order chi connectivity index (χ1) is 14.2. The van der Waals surface area contributed by atoms with Crippen LogP contribution in [0.5, 0.6) is 5.75 Å². The molecule has 0 bridgehead atoms. The van der Waals surface area contributed by atoms with Crippen LogP contribution in [0.1, 0.15) is 18.4 Å². The van der Waals surface area contributed by atoms with Crippen molar-refractivity contribution in [3.05, 3.63) is 52.9 Å². The second kappa shape index (κ2) is 8.60. The van der Waals surface area contributed by atoms with Gasteiger partial charge in [-0.25, -0.2) is 0 Å². The highest BCUT2D eigenvalue weighted by Crippen LogP contribution is 2.30. The van der Waals surface area contributed by atoms with Crippen LogP contribution >= 0.6 is 11.6 Å². The molecule has 29 heavy (non-hydrogen) atoms. The Morgan fingerprint density at radius 3 is 2.55 bits per heavy atom. The van der Waals surface area contributed by atoms with Crippen molar-refractivity contribution in [2.75, 3.05) is 37.6 Å². The normalized spacial score (nSPS) is 14.7. The van der Waals surface area contributed by atoms with Crippen LogP contribution in [0, 0.1) is 11.3 Å². The lowest BCUT2D eigenvalue weighted by Gasteiger charge is -2.33. The van der Waals surface area contributed by atoms with Crippen LogP contribution in [0.25, 0.3) is 11.7 Å². The fourth-order valence-electron chi connectivity index (χ4n) is 3.23. The predicted molar refractivity (Wildman–Crippen MR) is 109 cm³/mol. The SMILES string of the molecule is CCN1CCN(c2oc(-c3ccc(COc4ccc(Cl)cc4)o3)nc2C#N)CC1. The van der Waals surface area contributed by atoms with Crippen molar-refractivity contribution in [2.45, 2.75) is 13.5 Å². The molecule has 1 fully saturated rings. The van der Waals surface area contributed by atoms with Gasteiger partial charge in [0.1, 0.15) is 24.2 Å². The van der Waals surface area contributed by atoms with E-state index < -0.39 is 0 Å². The topological polar surface area (TPSA) is 78.7 Å². The van der Waals surface area contributed by atoms with Gasteiger partial charge in [0.05, 0.1) is 0 Å². The van der Waals surface area contributed by atoms with Crippen molar-refractivity contribution in [3.63, 3.8) is 0 Å². The molecule has 1 aliphatic rings. The maximum atomic E-state index is 9.47. The minimum atomic E-state index is 0.263. The molecule has 0 N–H and O–H groups in total. The number of hydrogen-bond acceptors (Lipinski definition) is 7. The first-order valence-corrected chi connectivity index (χ1v) is 9.89. The third-order valence-corrected chi connectivity index (χ3v) is 5.14. The molecule has 0 unspecified atom stereocenters. The van der Waals surface area contributed by atoms with Gasteiger partial charge < -0.3 is 23.4 Å². The van der Waals surface area contributed by atoms with E-state index in [9.17, 15) is 5.26 Å². The number of nitrogens with zero attached hydrogens (tertiary/aromatic N) is 4. The van der Waals surface area contributed by atoms with Crippen molar-refractivity contribution in [1.82, 2.24) is 9.88 Å². The lowest BCUT2D eigenvalue weighted by atomic mass is 10.3. The molecule has 1 aromatic carbocycles. The molecule has 150 valence electrons. The number of likely N-dealkylation sites (N-methyl/N-ethyl adjacent to an activating group) is 1. The van der Waals surface area contributed by atoms with Crippen molar-refractivity contribution < 1.29 is 13.6 Å². The minimum absolute atomic E-state index is 0.263. The van der Waals surface area contributed by atoms with Crippen LogP contribution < -0.4 is 9.64 Å². The molecule has 1 aliphatic heterocycles. The number of ether oxygens (including phenoxy) is 1. The number of benzene rings is 1. The number of oxazole rings is 1. The maximum absolute atomic E-state index is 9.47. The molecule has 0 spiro atoms. The summed E-state index contributed by atoms with van der Waals surface area (Å²) in [7, 11) is 0. The van der Waals surface area contributed by atoms with Crippen molar-refractivity contribution in [2.24, 2.45) is 0 Å². The summed E-state index contributed by atoms with van der Waals surface area (Å²) >= 11 is 5.88. The van der Waals surface area contributed by atoms with Crippen molar-refractivity contribution >= 4 is 17.5 Å². The molecule has 0 atom stereocenters. The lowest BCUT2D eigenvalue weighted by Crippen LogP contribution is -2.46. The third-order valence-electron chi connectivity index (χ3n) is 4.89. The fourth-order valence-corrected chi connectivity index (χ4v) is 3.35. The Morgan fingerprint density at radius 2 is 1.86 bits per heavy atom. The Balaban J connectivity index is 1.46.